The predicted octanol–water partition coefficient (Wildman–Crippen LogP) is 3.18. The van der Waals surface area contributed by atoms with E-state index in [2.05, 4.69) is 29.7 Å². The van der Waals surface area contributed by atoms with Gasteiger partial charge in [-0.15, -0.1) is 0 Å². The molecule has 0 aliphatic carbocycles. The molecule has 4 heteroatoms. The largest absolute Gasteiger partial charge is 0.306 e. The molecule has 1 heterocycles. The molecule has 0 fully saturated rings. The lowest BCUT2D eigenvalue weighted by Crippen LogP contribution is -1.94. The molecule has 0 saturated heterocycles. The first-order chi connectivity index (χ1) is 9.10. The Bertz CT molecular complexity index is 650. The summed E-state index contributed by atoms with van der Waals surface area (Å²) in [5.74, 6) is 0.159. The maximum atomic E-state index is 7.39. The highest BCUT2D eigenvalue weighted by molar-refractivity contribution is 5.96. The minimum atomic E-state index is 0.159. The Morgan fingerprint density at radius 1 is 1.42 bits per heavy atom. The molecule has 0 unspecified atom stereocenters. The Labute approximate surface area is 112 Å². The van der Waals surface area contributed by atoms with Crippen LogP contribution in [-0.4, -0.2) is 22.1 Å². The average molecular weight is 252 g/mol. The van der Waals surface area contributed by atoms with Gasteiger partial charge in [0.15, 0.2) is 0 Å². The Hall–Kier alpha value is -2.49. The second-order valence-electron chi connectivity index (χ2n) is 4.34. The number of hydrogen-bond donors (Lipinski definition) is 1. The summed E-state index contributed by atoms with van der Waals surface area (Å²) in [6.07, 6.45) is 7.29. The molecule has 0 radical (unpaired) electrons. The van der Waals surface area contributed by atoms with E-state index in [1.54, 1.807) is 6.08 Å². The predicted molar refractivity (Wildman–Crippen MR) is 79.3 cm³/mol. The number of nitrogens with one attached hydrogen (secondary N) is 1. The van der Waals surface area contributed by atoms with Gasteiger partial charge in [-0.1, -0.05) is 12.1 Å². The highest BCUT2D eigenvalue weighted by Gasteiger charge is 2.02. The zero-order valence-corrected chi connectivity index (χ0v) is 11.1. The average Bonchev–Trinajstić information content (AvgIpc) is 2.82. The van der Waals surface area contributed by atoms with Crippen LogP contribution in [0.3, 0.4) is 0 Å². The summed E-state index contributed by atoms with van der Waals surface area (Å²) in [4.78, 5) is 7.76. The first-order valence-corrected chi connectivity index (χ1v) is 5.95. The second-order valence-corrected chi connectivity index (χ2v) is 4.34. The molecule has 4 nitrogen and oxygen atoms in total. The Morgan fingerprint density at radius 2 is 2.21 bits per heavy atom. The molecule has 1 aromatic heterocycles. The van der Waals surface area contributed by atoms with Gasteiger partial charge in [0.2, 0.25) is 0 Å². The SMILES string of the molecule is C=NC(=N)/C=C/c1ccc(-n2cnc(C)c2)c(C)c1. The topological polar surface area (TPSA) is 54.0 Å². The lowest BCUT2D eigenvalue weighted by Gasteiger charge is -2.07. The van der Waals surface area contributed by atoms with Gasteiger partial charge < -0.3 is 4.57 Å². The van der Waals surface area contributed by atoms with Gasteiger partial charge in [-0.3, -0.25) is 5.41 Å². The standard InChI is InChI=1S/C15H16N4/c1-11-8-13(5-7-15(16)17-3)4-6-14(11)19-9-12(2)18-10-19/h4-10,16H,3H2,1-2H3/b7-5+,16-15?. The van der Waals surface area contributed by atoms with E-state index in [1.165, 1.54) is 0 Å². The molecule has 0 bridgehead atoms. The summed E-state index contributed by atoms with van der Waals surface area (Å²) in [6, 6.07) is 6.11. The van der Waals surface area contributed by atoms with Gasteiger partial charge in [0, 0.05) is 11.9 Å². The Balaban J connectivity index is 2.29. The molecule has 0 spiro atoms. The third kappa shape index (κ3) is 3.04. The number of aryl methyl sites for hydroxylation is 2. The third-order valence-electron chi connectivity index (χ3n) is 2.81. The summed E-state index contributed by atoms with van der Waals surface area (Å²) in [7, 11) is 0. The van der Waals surface area contributed by atoms with Crippen molar-refractivity contribution in [2.75, 3.05) is 0 Å². The monoisotopic (exact) mass is 252 g/mol. The number of amidine groups is 1. The van der Waals surface area contributed by atoms with Crippen molar-refractivity contribution in [2.45, 2.75) is 13.8 Å². The van der Waals surface area contributed by atoms with Crippen molar-refractivity contribution >= 4 is 18.6 Å². The van der Waals surface area contributed by atoms with Crippen LogP contribution in [0.15, 0.2) is 41.8 Å². The zero-order chi connectivity index (χ0) is 13.8. The Morgan fingerprint density at radius 3 is 2.79 bits per heavy atom. The molecule has 0 aliphatic heterocycles. The van der Waals surface area contributed by atoms with E-state index in [1.807, 2.05) is 42.2 Å². The van der Waals surface area contributed by atoms with Crippen LogP contribution in [0.5, 0.6) is 0 Å². The fraction of sp³-hybridized carbons (Fsp3) is 0.133. The van der Waals surface area contributed by atoms with Gasteiger partial charge in [-0.05, 0) is 49.9 Å². The molecule has 0 aliphatic rings. The molecular weight excluding hydrogens is 236 g/mol. The fourth-order valence-electron chi connectivity index (χ4n) is 1.85. The minimum absolute atomic E-state index is 0.159. The van der Waals surface area contributed by atoms with E-state index in [4.69, 9.17) is 5.41 Å². The smallest absolute Gasteiger partial charge is 0.143 e. The number of aliphatic imine (C=N–C) groups is 1. The van der Waals surface area contributed by atoms with Crippen LogP contribution >= 0.6 is 0 Å². The lowest BCUT2D eigenvalue weighted by molar-refractivity contribution is 1.04. The molecule has 96 valence electrons. The van der Waals surface area contributed by atoms with Crippen molar-refractivity contribution in [1.82, 2.24) is 9.55 Å². The summed E-state index contributed by atoms with van der Waals surface area (Å²) >= 11 is 0. The summed E-state index contributed by atoms with van der Waals surface area (Å²) < 4.78 is 2.01. The number of rotatable bonds is 3. The fourth-order valence-corrected chi connectivity index (χ4v) is 1.85. The van der Waals surface area contributed by atoms with E-state index < -0.39 is 0 Å². The number of hydrogen-bond acceptors (Lipinski definition) is 2. The van der Waals surface area contributed by atoms with E-state index in [9.17, 15) is 0 Å². The summed E-state index contributed by atoms with van der Waals surface area (Å²) in [5, 5.41) is 7.39. The number of aromatic nitrogens is 2. The van der Waals surface area contributed by atoms with Crippen LogP contribution in [0.25, 0.3) is 11.8 Å². The maximum absolute atomic E-state index is 7.39. The van der Waals surface area contributed by atoms with E-state index >= 15 is 0 Å². The Kier molecular flexibility index (Phi) is 3.71. The number of imidazole rings is 1. The van der Waals surface area contributed by atoms with Gasteiger partial charge in [0.25, 0.3) is 0 Å². The molecule has 2 rings (SSSR count). The van der Waals surface area contributed by atoms with Crippen LogP contribution < -0.4 is 0 Å². The van der Waals surface area contributed by atoms with Gasteiger partial charge in [-0.2, -0.15) is 0 Å². The van der Waals surface area contributed by atoms with E-state index in [-0.39, 0.29) is 5.84 Å². The van der Waals surface area contributed by atoms with Crippen LogP contribution in [0.4, 0.5) is 0 Å². The van der Waals surface area contributed by atoms with Crippen molar-refractivity contribution in [1.29, 1.82) is 5.41 Å². The van der Waals surface area contributed by atoms with Gasteiger partial charge >= 0.3 is 0 Å². The molecule has 1 N–H and O–H groups in total. The molecule has 0 atom stereocenters. The van der Waals surface area contributed by atoms with Gasteiger partial charge in [0.05, 0.1) is 12.0 Å². The summed E-state index contributed by atoms with van der Waals surface area (Å²) in [6.45, 7) is 7.33. The van der Waals surface area contributed by atoms with Crippen LogP contribution in [0, 0.1) is 19.3 Å². The molecule has 0 saturated carbocycles. The molecular formula is C15H16N4. The normalized spacial score (nSPS) is 10.8. The van der Waals surface area contributed by atoms with Crippen molar-refractivity contribution in [3.05, 3.63) is 53.6 Å². The van der Waals surface area contributed by atoms with Crippen LogP contribution in [0.2, 0.25) is 0 Å². The minimum Gasteiger partial charge on any atom is -0.306 e. The van der Waals surface area contributed by atoms with Crippen molar-refractivity contribution < 1.29 is 0 Å². The highest BCUT2D eigenvalue weighted by Crippen LogP contribution is 2.17. The van der Waals surface area contributed by atoms with E-state index in [0.717, 1.165) is 22.5 Å². The van der Waals surface area contributed by atoms with Gasteiger partial charge in [-0.25, -0.2) is 9.98 Å². The zero-order valence-electron chi connectivity index (χ0n) is 11.1. The first-order valence-electron chi connectivity index (χ1n) is 5.95. The maximum Gasteiger partial charge on any atom is 0.143 e. The molecule has 19 heavy (non-hydrogen) atoms. The van der Waals surface area contributed by atoms with Crippen LogP contribution in [0.1, 0.15) is 16.8 Å². The number of nitrogens with zero attached hydrogens (tertiary/aromatic N) is 3. The third-order valence-corrected chi connectivity index (χ3v) is 2.81. The number of benzene rings is 1. The second kappa shape index (κ2) is 5.44. The van der Waals surface area contributed by atoms with Crippen molar-refractivity contribution in [3.63, 3.8) is 0 Å². The molecule has 0 amide bonds. The molecule has 1 aromatic carbocycles. The van der Waals surface area contributed by atoms with E-state index in [0.29, 0.717) is 0 Å². The highest BCUT2D eigenvalue weighted by atomic mass is 15.0. The first kappa shape index (κ1) is 13.0. The van der Waals surface area contributed by atoms with Gasteiger partial charge in [0.1, 0.15) is 5.84 Å². The quantitative estimate of drug-likeness (QED) is 0.662. The van der Waals surface area contributed by atoms with Crippen LogP contribution in [-0.2, 0) is 0 Å². The van der Waals surface area contributed by atoms with Crippen molar-refractivity contribution in [2.24, 2.45) is 4.99 Å². The molecule has 2 aromatic rings. The van der Waals surface area contributed by atoms with Crippen molar-refractivity contribution in [3.8, 4) is 5.69 Å². The summed E-state index contributed by atoms with van der Waals surface area (Å²) in [5.41, 5.74) is 4.28. The lowest BCUT2D eigenvalue weighted by atomic mass is 10.1.